The molecule has 19 heavy (non-hydrogen) atoms. The first kappa shape index (κ1) is 13.2. The van der Waals surface area contributed by atoms with Crippen molar-refractivity contribution in [1.29, 1.82) is 0 Å². The van der Waals surface area contributed by atoms with Crippen molar-refractivity contribution in [3.05, 3.63) is 30.6 Å². The molecule has 0 spiro atoms. The standard InChI is InChI=1S/C11H13N3O4S/c1-14-7-9(6-12-14)19(16,17)13-10-5-8(18-2)3-4-11(10)15/h3-7,13,15H,1-2H3. The molecule has 0 saturated carbocycles. The molecule has 7 nitrogen and oxygen atoms in total. The van der Waals surface area contributed by atoms with Gasteiger partial charge in [-0.25, -0.2) is 8.42 Å². The van der Waals surface area contributed by atoms with Gasteiger partial charge in [-0.15, -0.1) is 0 Å². The Morgan fingerprint density at radius 1 is 1.42 bits per heavy atom. The average Bonchev–Trinajstić information content (AvgIpc) is 2.79. The van der Waals surface area contributed by atoms with E-state index in [9.17, 15) is 13.5 Å². The van der Waals surface area contributed by atoms with Crippen LogP contribution in [0.3, 0.4) is 0 Å². The van der Waals surface area contributed by atoms with Gasteiger partial charge >= 0.3 is 0 Å². The number of ether oxygens (including phenoxy) is 1. The molecular weight excluding hydrogens is 270 g/mol. The van der Waals surface area contributed by atoms with Crippen LogP contribution in [0.5, 0.6) is 11.5 Å². The Balaban J connectivity index is 2.35. The first-order chi connectivity index (χ1) is 8.92. The molecule has 2 N–H and O–H groups in total. The number of methoxy groups -OCH3 is 1. The topological polar surface area (TPSA) is 93.4 Å². The van der Waals surface area contributed by atoms with Gasteiger partial charge in [0.25, 0.3) is 10.0 Å². The summed E-state index contributed by atoms with van der Waals surface area (Å²) in [5.74, 6) is 0.245. The van der Waals surface area contributed by atoms with Crippen LogP contribution in [0.1, 0.15) is 0 Å². The number of anilines is 1. The number of nitrogens with one attached hydrogen (secondary N) is 1. The quantitative estimate of drug-likeness (QED) is 0.814. The Morgan fingerprint density at radius 2 is 2.16 bits per heavy atom. The molecular formula is C11H13N3O4S. The highest BCUT2D eigenvalue weighted by atomic mass is 32.2. The lowest BCUT2D eigenvalue weighted by molar-refractivity contribution is 0.413. The van der Waals surface area contributed by atoms with E-state index in [1.165, 1.54) is 42.4 Å². The summed E-state index contributed by atoms with van der Waals surface area (Å²) >= 11 is 0. The van der Waals surface area contributed by atoms with Crippen LogP contribution in [0.4, 0.5) is 5.69 Å². The normalized spacial score (nSPS) is 11.3. The molecule has 0 aliphatic carbocycles. The molecule has 2 rings (SSSR count). The summed E-state index contributed by atoms with van der Waals surface area (Å²) < 4.78 is 32.7. The maximum Gasteiger partial charge on any atom is 0.265 e. The van der Waals surface area contributed by atoms with Gasteiger partial charge in [0.05, 0.1) is 19.0 Å². The summed E-state index contributed by atoms with van der Waals surface area (Å²) in [5, 5.41) is 13.4. The van der Waals surface area contributed by atoms with Crippen molar-refractivity contribution in [3.8, 4) is 11.5 Å². The molecule has 0 unspecified atom stereocenters. The van der Waals surface area contributed by atoms with Crippen LogP contribution in [-0.2, 0) is 17.1 Å². The lowest BCUT2D eigenvalue weighted by Crippen LogP contribution is -2.12. The number of rotatable bonds is 4. The highest BCUT2D eigenvalue weighted by Gasteiger charge is 2.18. The molecule has 0 radical (unpaired) electrons. The number of nitrogens with zero attached hydrogens (tertiary/aromatic N) is 2. The highest BCUT2D eigenvalue weighted by Crippen LogP contribution is 2.29. The van der Waals surface area contributed by atoms with Gasteiger partial charge < -0.3 is 9.84 Å². The second-order valence-electron chi connectivity index (χ2n) is 3.84. The van der Waals surface area contributed by atoms with Crippen molar-refractivity contribution in [2.45, 2.75) is 4.90 Å². The van der Waals surface area contributed by atoms with Gasteiger partial charge in [0.1, 0.15) is 16.4 Å². The third-order valence-corrected chi connectivity index (χ3v) is 3.76. The van der Waals surface area contributed by atoms with E-state index in [0.29, 0.717) is 5.75 Å². The van der Waals surface area contributed by atoms with Crippen molar-refractivity contribution >= 4 is 15.7 Å². The summed E-state index contributed by atoms with van der Waals surface area (Å²) in [4.78, 5) is 0.0113. The van der Waals surface area contributed by atoms with Crippen LogP contribution >= 0.6 is 0 Å². The number of phenolic OH excluding ortho intramolecular Hbond substituents is 1. The second kappa shape index (κ2) is 4.81. The van der Waals surface area contributed by atoms with Gasteiger partial charge in [0, 0.05) is 19.3 Å². The molecule has 0 aliphatic heterocycles. The predicted molar refractivity (Wildman–Crippen MR) is 68.7 cm³/mol. The fourth-order valence-electron chi connectivity index (χ4n) is 1.47. The van der Waals surface area contributed by atoms with Gasteiger partial charge in [-0.2, -0.15) is 5.10 Å². The van der Waals surface area contributed by atoms with Crippen LogP contribution in [0.15, 0.2) is 35.5 Å². The van der Waals surface area contributed by atoms with Crippen LogP contribution < -0.4 is 9.46 Å². The number of phenols is 1. The van der Waals surface area contributed by atoms with E-state index in [-0.39, 0.29) is 16.3 Å². The fourth-order valence-corrected chi connectivity index (χ4v) is 2.51. The Bertz CT molecular complexity index is 694. The van der Waals surface area contributed by atoms with E-state index in [4.69, 9.17) is 4.74 Å². The zero-order chi connectivity index (χ0) is 14.0. The largest absolute Gasteiger partial charge is 0.506 e. The van der Waals surface area contributed by atoms with E-state index >= 15 is 0 Å². The number of aromatic nitrogens is 2. The van der Waals surface area contributed by atoms with E-state index in [1.807, 2.05) is 0 Å². The van der Waals surface area contributed by atoms with Crippen LogP contribution in [0.25, 0.3) is 0 Å². The number of hydrogen-bond donors (Lipinski definition) is 2. The number of benzene rings is 1. The van der Waals surface area contributed by atoms with Gasteiger partial charge in [0.15, 0.2) is 0 Å². The lowest BCUT2D eigenvalue weighted by atomic mass is 10.3. The number of sulfonamides is 1. The number of hydrogen-bond acceptors (Lipinski definition) is 5. The molecule has 0 fully saturated rings. The van der Waals surface area contributed by atoms with Gasteiger partial charge in [0.2, 0.25) is 0 Å². The lowest BCUT2D eigenvalue weighted by Gasteiger charge is -2.09. The summed E-state index contributed by atoms with van der Waals surface area (Å²) in [6.07, 6.45) is 2.58. The Labute approximate surface area is 110 Å². The Morgan fingerprint density at radius 3 is 2.74 bits per heavy atom. The molecule has 1 heterocycles. The molecule has 0 amide bonds. The van der Waals surface area contributed by atoms with E-state index < -0.39 is 10.0 Å². The monoisotopic (exact) mass is 283 g/mol. The molecule has 0 saturated heterocycles. The highest BCUT2D eigenvalue weighted by molar-refractivity contribution is 7.92. The zero-order valence-corrected chi connectivity index (χ0v) is 11.2. The number of aromatic hydroxyl groups is 1. The molecule has 0 atom stereocenters. The first-order valence-electron chi connectivity index (χ1n) is 5.31. The maximum absolute atomic E-state index is 12.1. The second-order valence-corrected chi connectivity index (χ2v) is 5.52. The summed E-state index contributed by atoms with van der Waals surface area (Å²) in [6.45, 7) is 0. The minimum atomic E-state index is -3.79. The summed E-state index contributed by atoms with van der Waals surface area (Å²) in [5.41, 5.74) is 0.0446. The molecule has 0 bridgehead atoms. The fraction of sp³-hybridized carbons (Fsp3) is 0.182. The van der Waals surface area contributed by atoms with Crippen LogP contribution in [0, 0.1) is 0 Å². The third-order valence-electron chi connectivity index (χ3n) is 2.44. The smallest absolute Gasteiger partial charge is 0.265 e. The Hall–Kier alpha value is -2.22. The van der Waals surface area contributed by atoms with E-state index in [0.717, 1.165) is 0 Å². The minimum absolute atomic E-state index is 0.0113. The van der Waals surface area contributed by atoms with Gasteiger partial charge in [-0.1, -0.05) is 0 Å². The molecule has 2 aromatic rings. The number of aryl methyl sites for hydroxylation is 1. The van der Waals surface area contributed by atoms with E-state index in [1.54, 1.807) is 7.05 Å². The molecule has 8 heteroatoms. The van der Waals surface area contributed by atoms with Crippen molar-refractivity contribution in [1.82, 2.24) is 9.78 Å². The summed E-state index contributed by atoms with van der Waals surface area (Å²) in [7, 11) is -0.726. The molecule has 102 valence electrons. The van der Waals surface area contributed by atoms with Crippen molar-refractivity contribution in [2.75, 3.05) is 11.8 Å². The molecule has 1 aromatic heterocycles. The van der Waals surface area contributed by atoms with Crippen molar-refractivity contribution < 1.29 is 18.3 Å². The molecule has 1 aromatic carbocycles. The predicted octanol–water partition coefficient (Wildman–Crippen LogP) is 0.935. The minimum Gasteiger partial charge on any atom is -0.506 e. The van der Waals surface area contributed by atoms with Crippen molar-refractivity contribution in [3.63, 3.8) is 0 Å². The molecule has 0 aliphatic rings. The Kier molecular flexibility index (Phi) is 3.34. The van der Waals surface area contributed by atoms with Gasteiger partial charge in [-0.05, 0) is 12.1 Å². The van der Waals surface area contributed by atoms with Crippen LogP contribution in [-0.4, -0.2) is 30.4 Å². The maximum atomic E-state index is 12.1. The first-order valence-corrected chi connectivity index (χ1v) is 6.79. The third kappa shape index (κ3) is 2.79. The van der Waals surface area contributed by atoms with Gasteiger partial charge in [-0.3, -0.25) is 9.40 Å². The average molecular weight is 283 g/mol. The summed E-state index contributed by atoms with van der Waals surface area (Å²) in [6, 6.07) is 4.26. The zero-order valence-electron chi connectivity index (χ0n) is 10.4. The SMILES string of the molecule is COc1ccc(O)c(NS(=O)(=O)c2cnn(C)c2)c1. The van der Waals surface area contributed by atoms with Crippen molar-refractivity contribution in [2.24, 2.45) is 7.05 Å². The van der Waals surface area contributed by atoms with Crippen LogP contribution in [0.2, 0.25) is 0 Å². The van der Waals surface area contributed by atoms with E-state index in [2.05, 4.69) is 9.82 Å².